The van der Waals surface area contributed by atoms with Crippen LogP contribution >= 0.6 is 0 Å². The molecular formula is C25H30N4O3. The minimum atomic E-state index is -0.285. The minimum Gasteiger partial charge on any atom is -0.410 e. The topological polar surface area (TPSA) is 71.7 Å². The van der Waals surface area contributed by atoms with Crippen molar-refractivity contribution >= 4 is 6.09 Å². The molecule has 0 saturated carbocycles. The third-order valence-electron chi connectivity index (χ3n) is 5.73. The number of piperazine rings is 1. The molecule has 7 nitrogen and oxygen atoms in total. The number of pyridine rings is 1. The Morgan fingerprint density at radius 3 is 2.44 bits per heavy atom. The molecule has 0 atom stereocenters. The molecule has 3 heterocycles. The zero-order chi connectivity index (χ0) is 22.3. The summed E-state index contributed by atoms with van der Waals surface area (Å²) in [5.41, 5.74) is 4.23. The van der Waals surface area contributed by atoms with Crippen LogP contribution in [-0.4, -0.2) is 58.8 Å². The summed E-state index contributed by atoms with van der Waals surface area (Å²) in [4.78, 5) is 21.2. The van der Waals surface area contributed by atoms with Gasteiger partial charge in [0, 0.05) is 56.6 Å². The maximum atomic E-state index is 12.5. The van der Waals surface area contributed by atoms with Gasteiger partial charge < -0.3 is 14.2 Å². The van der Waals surface area contributed by atoms with Gasteiger partial charge in [0.15, 0.2) is 0 Å². The van der Waals surface area contributed by atoms with Crippen molar-refractivity contribution < 1.29 is 14.1 Å². The standard InChI is InChI=1S/C25H30N4O3/c1-19-4-3-5-22(26-19)9-6-21-7-10-23(11-8-21)31-25(30)29-16-14-28(15-17-29)13-12-24-18-20(2)27-32-24/h3-5,7-8,10-11,18H,6,9,12-17H2,1-2H3. The second kappa shape index (κ2) is 10.4. The highest BCUT2D eigenvalue weighted by Crippen LogP contribution is 2.16. The maximum absolute atomic E-state index is 12.5. The molecule has 0 spiro atoms. The van der Waals surface area contributed by atoms with Crippen molar-refractivity contribution in [3.05, 3.63) is 76.9 Å². The van der Waals surface area contributed by atoms with E-state index in [4.69, 9.17) is 9.26 Å². The molecule has 1 aliphatic rings. The van der Waals surface area contributed by atoms with Crippen LogP contribution in [0.3, 0.4) is 0 Å². The largest absolute Gasteiger partial charge is 0.415 e. The molecule has 0 unspecified atom stereocenters. The van der Waals surface area contributed by atoms with E-state index in [1.54, 1.807) is 4.90 Å². The van der Waals surface area contributed by atoms with Crippen molar-refractivity contribution in [2.24, 2.45) is 0 Å². The fraction of sp³-hybridized carbons (Fsp3) is 0.400. The summed E-state index contributed by atoms with van der Waals surface area (Å²) in [6.07, 6.45) is 2.34. The first kappa shape index (κ1) is 22.0. The first-order valence-corrected chi connectivity index (χ1v) is 11.2. The van der Waals surface area contributed by atoms with Gasteiger partial charge in [0.25, 0.3) is 0 Å². The summed E-state index contributed by atoms with van der Waals surface area (Å²) in [7, 11) is 0. The number of benzene rings is 1. The van der Waals surface area contributed by atoms with Gasteiger partial charge in [-0.2, -0.15) is 0 Å². The molecule has 1 saturated heterocycles. The molecule has 4 rings (SSSR count). The number of carbonyl (C=O) groups is 1. The summed E-state index contributed by atoms with van der Waals surface area (Å²) in [6.45, 7) is 7.81. The number of carbonyl (C=O) groups excluding carboxylic acids is 1. The highest BCUT2D eigenvalue weighted by Gasteiger charge is 2.22. The van der Waals surface area contributed by atoms with E-state index in [2.05, 4.69) is 21.1 Å². The zero-order valence-electron chi connectivity index (χ0n) is 18.8. The van der Waals surface area contributed by atoms with Gasteiger partial charge in [-0.25, -0.2) is 4.79 Å². The van der Waals surface area contributed by atoms with E-state index in [0.29, 0.717) is 18.8 Å². The Bertz CT molecular complexity index is 1020. The van der Waals surface area contributed by atoms with Crippen LogP contribution in [0, 0.1) is 13.8 Å². The van der Waals surface area contributed by atoms with Gasteiger partial charge in [-0.15, -0.1) is 0 Å². The van der Waals surface area contributed by atoms with Crippen LogP contribution < -0.4 is 4.74 Å². The van der Waals surface area contributed by atoms with Crippen molar-refractivity contribution in [1.29, 1.82) is 0 Å². The molecule has 0 aliphatic carbocycles. The van der Waals surface area contributed by atoms with E-state index in [9.17, 15) is 4.79 Å². The lowest BCUT2D eigenvalue weighted by Crippen LogP contribution is -2.49. The zero-order valence-corrected chi connectivity index (χ0v) is 18.8. The molecule has 32 heavy (non-hydrogen) atoms. The normalized spacial score (nSPS) is 14.5. The fourth-order valence-corrected chi connectivity index (χ4v) is 3.86. The summed E-state index contributed by atoms with van der Waals surface area (Å²) in [5, 5.41) is 3.92. The van der Waals surface area contributed by atoms with E-state index in [-0.39, 0.29) is 6.09 Å². The summed E-state index contributed by atoms with van der Waals surface area (Å²) in [5.74, 6) is 1.48. The predicted octanol–water partition coefficient (Wildman–Crippen LogP) is 3.83. The molecular weight excluding hydrogens is 404 g/mol. The van der Waals surface area contributed by atoms with Gasteiger partial charge in [0.1, 0.15) is 11.5 Å². The minimum absolute atomic E-state index is 0.285. The number of amides is 1. The van der Waals surface area contributed by atoms with Gasteiger partial charge in [-0.05, 0) is 56.5 Å². The molecule has 0 bridgehead atoms. The Morgan fingerprint density at radius 1 is 0.969 bits per heavy atom. The van der Waals surface area contributed by atoms with Gasteiger partial charge >= 0.3 is 6.09 Å². The van der Waals surface area contributed by atoms with Crippen LogP contribution in [0.4, 0.5) is 4.79 Å². The molecule has 1 aliphatic heterocycles. The molecule has 7 heteroatoms. The quantitative estimate of drug-likeness (QED) is 0.563. The molecule has 3 aromatic rings. The fourth-order valence-electron chi connectivity index (χ4n) is 3.86. The van der Waals surface area contributed by atoms with Crippen LogP contribution in [0.5, 0.6) is 5.75 Å². The van der Waals surface area contributed by atoms with Crippen LogP contribution in [0.25, 0.3) is 0 Å². The molecule has 0 N–H and O–H groups in total. The van der Waals surface area contributed by atoms with Crippen LogP contribution in [0.15, 0.2) is 53.1 Å². The van der Waals surface area contributed by atoms with Gasteiger partial charge in [-0.1, -0.05) is 23.4 Å². The lowest BCUT2D eigenvalue weighted by Gasteiger charge is -2.33. The molecule has 2 aromatic heterocycles. The summed E-state index contributed by atoms with van der Waals surface area (Å²) >= 11 is 0. The lowest BCUT2D eigenvalue weighted by molar-refractivity contribution is 0.110. The van der Waals surface area contributed by atoms with Crippen LogP contribution in [0.1, 0.15) is 28.4 Å². The van der Waals surface area contributed by atoms with Crippen molar-refractivity contribution in [3.8, 4) is 5.75 Å². The van der Waals surface area contributed by atoms with E-state index in [1.165, 1.54) is 5.56 Å². The van der Waals surface area contributed by atoms with Crippen molar-refractivity contribution in [1.82, 2.24) is 19.9 Å². The van der Waals surface area contributed by atoms with E-state index in [1.807, 2.05) is 56.3 Å². The highest BCUT2D eigenvalue weighted by atomic mass is 16.6. The van der Waals surface area contributed by atoms with Gasteiger partial charge in [-0.3, -0.25) is 9.88 Å². The van der Waals surface area contributed by atoms with Gasteiger partial charge in [0.2, 0.25) is 0 Å². The summed E-state index contributed by atoms with van der Waals surface area (Å²) < 4.78 is 10.9. The van der Waals surface area contributed by atoms with Crippen LogP contribution in [0.2, 0.25) is 0 Å². The molecule has 1 aromatic carbocycles. The molecule has 1 fully saturated rings. The monoisotopic (exact) mass is 434 g/mol. The number of nitrogens with zero attached hydrogens (tertiary/aromatic N) is 4. The number of ether oxygens (including phenoxy) is 1. The second-order valence-electron chi connectivity index (χ2n) is 8.30. The van der Waals surface area contributed by atoms with Crippen molar-refractivity contribution in [3.63, 3.8) is 0 Å². The molecule has 0 radical (unpaired) electrons. The maximum Gasteiger partial charge on any atom is 0.415 e. The average molecular weight is 435 g/mol. The average Bonchev–Trinajstić information content (AvgIpc) is 3.23. The SMILES string of the molecule is Cc1cc(CCN2CCN(C(=O)Oc3ccc(CCc4cccc(C)n4)cc3)CC2)on1. The third-order valence-corrected chi connectivity index (χ3v) is 5.73. The summed E-state index contributed by atoms with van der Waals surface area (Å²) in [6, 6.07) is 15.8. The smallest absolute Gasteiger partial charge is 0.410 e. The van der Waals surface area contributed by atoms with Gasteiger partial charge in [0.05, 0.1) is 5.69 Å². The Morgan fingerprint density at radius 2 is 1.75 bits per heavy atom. The predicted molar refractivity (Wildman–Crippen MR) is 122 cm³/mol. The number of aromatic nitrogens is 2. The van der Waals surface area contributed by atoms with E-state index in [0.717, 1.165) is 61.7 Å². The lowest BCUT2D eigenvalue weighted by atomic mass is 10.1. The first-order valence-electron chi connectivity index (χ1n) is 11.2. The van der Waals surface area contributed by atoms with E-state index >= 15 is 0 Å². The number of aryl methyl sites for hydroxylation is 4. The molecule has 168 valence electrons. The Labute approximate surface area is 189 Å². The van der Waals surface area contributed by atoms with E-state index < -0.39 is 0 Å². The Kier molecular flexibility index (Phi) is 7.17. The number of rotatable bonds is 7. The third kappa shape index (κ3) is 6.17. The van der Waals surface area contributed by atoms with Crippen molar-refractivity contribution in [2.45, 2.75) is 33.1 Å². The highest BCUT2D eigenvalue weighted by molar-refractivity contribution is 5.70. The number of hydrogen-bond donors (Lipinski definition) is 0. The number of hydrogen-bond acceptors (Lipinski definition) is 6. The Balaban J connectivity index is 1.19. The van der Waals surface area contributed by atoms with Crippen LogP contribution in [-0.2, 0) is 19.3 Å². The van der Waals surface area contributed by atoms with Crippen molar-refractivity contribution in [2.75, 3.05) is 32.7 Å². The molecule has 1 amide bonds. The second-order valence-corrected chi connectivity index (χ2v) is 8.30. The Hall–Kier alpha value is -3.19. The first-order chi connectivity index (χ1) is 15.5.